The number of para-hydroxylation sites is 1. The van der Waals surface area contributed by atoms with Crippen LogP contribution in [0.5, 0.6) is 0 Å². The van der Waals surface area contributed by atoms with Crippen molar-refractivity contribution in [3.8, 4) is 0 Å². The highest BCUT2D eigenvalue weighted by atomic mass is 16.3. The van der Waals surface area contributed by atoms with Gasteiger partial charge < -0.3 is 0 Å². The Hall–Kier alpha value is -5.70. The van der Waals surface area contributed by atoms with Crippen molar-refractivity contribution in [2.75, 3.05) is 5.43 Å². The first-order valence-corrected chi connectivity index (χ1v) is 12.1. The molecule has 0 saturated carbocycles. The Balaban J connectivity index is 1.15. The Bertz CT molecular complexity index is 1590. The molecule has 0 atom stereocenters. The van der Waals surface area contributed by atoms with Crippen LogP contribution in [-0.2, 0) is 0 Å². The van der Waals surface area contributed by atoms with Gasteiger partial charge in [0.1, 0.15) is 5.71 Å². The molecule has 39 heavy (non-hydrogen) atoms. The van der Waals surface area contributed by atoms with E-state index in [4.69, 9.17) is 0 Å². The minimum atomic E-state index is 0.376. The average Bonchev–Trinajstić information content (AvgIpc) is 3.00. The van der Waals surface area contributed by atoms with E-state index in [0.29, 0.717) is 33.3 Å². The molecule has 4 aromatic rings. The highest BCUT2D eigenvalue weighted by molar-refractivity contribution is 6.18. The lowest BCUT2D eigenvalue weighted by molar-refractivity contribution is -0.467. The molecule has 5 rings (SSSR count). The number of anilines is 1. The Labute approximate surface area is 224 Å². The Kier molecular flexibility index (Phi) is 8.01. The van der Waals surface area contributed by atoms with Crippen molar-refractivity contribution in [1.82, 2.24) is 0 Å². The Morgan fingerprint density at radius 3 is 1.46 bits per heavy atom. The lowest BCUT2D eigenvalue weighted by atomic mass is 10.1. The number of allylic oxidation sites excluding steroid dienone is 4. The van der Waals surface area contributed by atoms with Crippen molar-refractivity contribution in [2.24, 2.45) is 30.7 Å². The zero-order valence-corrected chi connectivity index (χ0v) is 20.7. The van der Waals surface area contributed by atoms with E-state index in [1.165, 1.54) is 0 Å². The third-order valence-electron chi connectivity index (χ3n) is 5.38. The van der Waals surface area contributed by atoms with Crippen LogP contribution in [0.1, 0.15) is 0 Å². The smallest absolute Gasteiger partial charge is 0.278 e. The molecule has 1 aliphatic carbocycles. The molecule has 0 saturated heterocycles. The van der Waals surface area contributed by atoms with Crippen LogP contribution >= 0.6 is 0 Å². The first-order valence-electron chi connectivity index (χ1n) is 12.1. The van der Waals surface area contributed by atoms with Gasteiger partial charge in [0, 0.05) is 12.1 Å². The summed E-state index contributed by atoms with van der Waals surface area (Å²) in [5, 5.41) is 25.3. The van der Waals surface area contributed by atoms with Crippen LogP contribution < -0.4 is 5.43 Å². The minimum absolute atomic E-state index is 0.376. The van der Waals surface area contributed by atoms with Crippen molar-refractivity contribution in [1.29, 1.82) is 0 Å². The molecule has 0 spiro atoms. The Morgan fingerprint density at radius 1 is 0.487 bits per heavy atom. The second kappa shape index (κ2) is 12.5. The van der Waals surface area contributed by atoms with Gasteiger partial charge in [0.15, 0.2) is 4.87 Å². The monoisotopic (exact) mass is 511 g/mol. The maximum absolute atomic E-state index is 12.5. The quantitative estimate of drug-likeness (QED) is 0.110. The number of nitrogens with zero attached hydrogens (tertiary/aromatic N) is 7. The van der Waals surface area contributed by atoms with E-state index in [2.05, 4.69) is 36.1 Å². The van der Waals surface area contributed by atoms with Crippen LogP contribution in [0.2, 0.25) is 0 Å². The zero-order chi connectivity index (χ0) is 26.7. The van der Waals surface area contributed by atoms with Crippen LogP contribution in [0.15, 0.2) is 164 Å². The summed E-state index contributed by atoms with van der Waals surface area (Å²) in [5.41, 5.74) is 8.27. The number of hydrazone groups is 2. The third kappa shape index (κ3) is 7.40. The van der Waals surface area contributed by atoms with Gasteiger partial charge in [0.25, 0.3) is 5.69 Å². The molecule has 0 heterocycles. The number of azo groups is 2. The lowest BCUT2D eigenvalue weighted by Gasteiger charge is -2.02. The second-order valence-corrected chi connectivity index (χ2v) is 8.25. The largest absolute Gasteiger partial charge is 0.295 e. The number of nitroso groups, excluding NO2 is 1. The van der Waals surface area contributed by atoms with E-state index in [0.717, 1.165) is 17.1 Å². The van der Waals surface area contributed by atoms with Gasteiger partial charge in [-0.2, -0.15) is 25.6 Å². The number of benzene rings is 4. The maximum atomic E-state index is 12.5. The van der Waals surface area contributed by atoms with Crippen LogP contribution in [0.4, 0.5) is 34.1 Å². The van der Waals surface area contributed by atoms with Crippen LogP contribution in [0.3, 0.4) is 0 Å². The van der Waals surface area contributed by atoms with E-state index >= 15 is 0 Å². The van der Waals surface area contributed by atoms with E-state index < -0.39 is 0 Å². The summed E-state index contributed by atoms with van der Waals surface area (Å²) >= 11 is 0. The summed E-state index contributed by atoms with van der Waals surface area (Å²) in [5.74, 6) is 0. The molecule has 0 radical (unpaired) electrons. The van der Waals surface area contributed by atoms with Gasteiger partial charge in [-0.25, -0.2) is 0 Å². The van der Waals surface area contributed by atoms with Gasteiger partial charge in [-0.15, -0.1) is 0 Å². The van der Waals surface area contributed by atoms with Crippen LogP contribution in [-0.4, -0.2) is 16.3 Å². The molecule has 0 aliphatic heterocycles. The Morgan fingerprint density at radius 2 is 0.923 bits per heavy atom. The normalized spacial score (nSPS) is 12.7. The first-order chi connectivity index (χ1) is 19.2. The summed E-state index contributed by atoms with van der Waals surface area (Å²) in [6.07, 6.45) is 7.02. The molecule has 0 unspecified atom stereocenters. The minimum Gasteiger partial charge on any atom is -0.278 e. The highest BCUT2D eigenvalue weighted by Crippen LogP contribution is 2.24. The molecule has 9 nitrogen and oxygen atoms in total. The predicted octanol–water partition coefficient (Wildman–Crippen LogP) is 8.88. The number of rotatable bonds is 8. The average molecular weight is 512 g/mol. The molecule has 0 aromatic heterocycles. The van der Waals surface area contributed by atoms with Gasteiger partial charge >= 0.3 is 0 Å². The van der Waals surface area contributed by atoms with Gasteiger partial charge in [0.05, 0.1) is 44.2 Å². The van der Waals surface area contributed by atoms with Gasteiger partial charge in [-0.05, 0) is 85.0 Å². The zero-order valence-electron chi connectivity index (χ0n) is 20.7. The molecule has 1 aliphatic rings. The van der Waals surface area contributed by atoms with Gasteiger partial charge in [-0.1, -0.05) is 36.4 Å². The van der Waals surface area contributed by atoms with Crippen LogP contribution in [0.25, 0.3) is 0 Å². The molecule has 0 bridgehead atoms. The molecule has 4 aromatic carbocycles. The summed E-state index contributed by atoms with van der Waals surface area (Å²) in [7, 11) is 0. The van der Waals surface area contributed by atoms with Crippen molar-refractivity contribution in [2.45, 2.75) is 0 Å². The summed E-state index contributed by atoms with van der Waals surface area (Å²) in [6, 6.07) is 33.1. The van der Waals surface area contributed by atoms with Crippen molar-refractivity contribution in [3.63, 3.8) is 0 Å². The van der Waals surface area contributed by atoms with E-state index in [1.54, 1.807) is 48.6 Å². The fraction of sp³-hybridized carbons (Fsp3) is 0. The summed E-state index contributed by atoms with van der Waals surface area (Å²) < 4.78 is 0. The van der Waals surface area contributed by atoms with E-state index in [9.17, 15) is 4.91 Å². The molecular weight excluding hydrogens is 488 g/mol. The number of nitrogens with one attached hydrogen (secondary N) is 1. The maximum Gasteiger partial charge on any atom is 0.295 e. The molecule has 9 heteroatoms. The standard InChI is InChI=1S/C30H23N8O/c39-38(37-29-17-15-27(16-18-29)34-32-24-9-5-2-6-10-24)30-21-19-28(20-22-30)36-35-26-13-11-25(12-14-26)33-31-23-7-3-1-4-8-23/h1-22,32H/q+1. The highest BCUT2D eigenvalue weighted by Gasteiger charge is 2.14. The van der Waals surface area contributed by atoms with Crippen molar-refractivity contribution < 1.29 is 4.87 Å². The fourth-order valence-electron chi connectivity index (χ4n) is 3.36. The second-order valence-electron chi connectivity index (χ2n) is 8.25. The predicted molar refractivity (Wildman–Crippen MR) is 154 cm³/mol. The van der Waals surface area contributed by atoms with Crippen molar-refractivity contribution in [3.05, 3.63) is 138 Å². The molecular formula is C30H23N8O+. The number of hydrogen-bond donors (Lipinski definition) is 1. The first kappa shape index (κ1) is 25.0. The fourth-order valence-corrected chi connectivity index (χ4v) is 3.36. The molecule has 188 valence electrons. The van der Waals surface area contributed by atoms with E-state index in [-0.39, 0.29) is 0 Å². The SMILES string of the molecule is O=[N+](N=C1C=CC(=NNc2ccccc2)C=C1)c1ccc(N=Nc2ccc(N=Nc3ccccc3)cc2)cc1. The summed E-state index contributed by atoms with van der Waals surface area (Å²) in [4.78, 5) is 13.1. The van der Waals surface area contributed by atoms with E-state index in [1.807, 2.05) is 84.9 Å². The van der Waals surface area contributed by atoms with Crippen LogP contribution in [0, 0.1) is 4.91 Å². The molecule has 0 fully saturated rings. The van der Waals surface area contributed by atoms with Gasteiger partial charge in [0.2, 0.25) is 0 Å². The topological polar surface area (TPSA) is 106 Å². The lowest BCUT2D eigenvalue weighted by Crippen LogP contribution is -2.05. The number of hydrogen-bond acceptors (Lipinski definition) is 7. The molecule has 0 amide bonds. The van der Waals surface area contributed by atoms with Gasteiger partial charge in [-0.3, -0.25) is 5.43 Å². The third-order valence-corrected chi connectivity index (χ3v) is 5.38. The molecule has 1 N–H and O–H groups in total. The van der Waals surface area contributed by atoms with Crippen molar-refractivity contribution >= 4 is 45.5 Å². The summed E-state index contributed by atoms with van der Waals surface area (Å²) in [6.45, 7) is 0.